The topological polar surface area (TPSA) is 76.4 Å². The van der Waals surface area contributed by atoms with Crippen molar-refractivity contribution < 1.29 is 9.13 Å². The number of aryl methyl sites for hydroxylation is 1. The first-order chi connectivity index (χ1) is 12.7. The largest absolute Gasteiger partial charge is 0.491 e. The minimum Gasteiger partial charge on any atom is -0.491 e. The Morgan fingerprint density at radius 2 is 2.31 bits per heavy atom. The lowest BCUT2D eigenvalue weighted by molar-refractivity contribution is 0.321. The molecule has 0 amide bonds. The van der Waals surface area contributed by atoms with Gasteiger partial charge in [0, 0.05) is 19.0 Å². The third-order valence-corrected chi connectivity index (χ3v) is 4.21. The first-order valence-electron chi connectivity index (χ1n) is 9.02. The number of aromatic nitrogens is 3. The molecule has 3 rings (SSSR count). The zero-order valence-corrected chi connectivity index (χ0v) is 15.2. The lowest BCUT2D eigenvalue weighted by Gasteiger charge is -2.25. The predicted octanol–water partition coefficient (Wildman–Crippen LogP) is 1.89. The number of benzene rings is 1. The standard InChI is InChI=1S/C18H25FN6O/c1-3-20-18(24-14-6-8-17-22-12-23-25(17)11-14)21-10-13-5-7-16(26-4-2)15(19)9-13/h5,7,9,12,14H,3-4,6,8,10-11H2,1-2H3,(H2,20,21,24). The number of ether oxygens (including phenoxy) is 1. The van der Waals surface area contributed by atoms with Gasteiger partial charge in [0.15, 0.2) is 17.5 Å². The SMILES string of the molecule is CCNC(=NCc1ccc(OCC)c(F)c1)NC1CCc2ncnn2C1. The molecule has 8 heteroatoms. The highest BCUT2D eigenvalue weighted by Gasteiger charge is 2.20. The van der Waals surface area contributed by atoms with Crippen LogP contribution in [0.3, 0.4) is 0 Å². The molecule has 0 fully saturated rings. The van der Waals surface area contributed by atoms with Crippen LogP contribution < -0.4 is 15.4 Å². The molecule has 140 valence electrons. The van der Waals surface area contributed by atoms with Crippen molar-refractivity contribution in [2.45, 2.75) is 45.8 Å². The van der Waals surface area contributed by atoms with Crippen molar-refractivity contribution in [3.8, 4) is 5.75 Å². The lowest BCUT2D eigenvalue weighted by atomic mass is 10.1. The number of guanidine groups is 1. The van der Waals surface area contributed by atoms with E-state index in [0.29, 0.717) is 13.2 Å². The molecule has 7 nitrogen and oxygen atoms in total. The number of hydrogen-bond donors (Lipinski definition) is 2. The second-order valence-electron chi connectivity index (χ2n) is 6.13. The Labute approximate surface area is 152 Å². The summed E-state index contributed by atoms with van der Waals surface area (Å²) in [6.07, 6.45) is 3.46. The van der Waals surface area contributed by atoms with Crippen molar-refractivity contribution in [2.24, 2.45) is 4.99 Å². The number of hydrogen-bond acceptors (Lipinski definition) is 4. The van der Waals surface area contributed by atoms with Crippen LogP contribution in [0.5, 0.6) is 5.75 Å². The minimum absolute atomic E-state index is 0.235. The van der Waals surface area contributed by atoms with E-state index in [1.54, 1.807) is 12.4 Å². The molecule has 1 aliphatic heterocycles. The van der Waals surface area contributed by atoms with Gasteiger partial charge in [-0.1, -0.05) is 6.07 Å². The summed E-state index contributed by atoms with van der Waals surface area (Å²) in [5.41, 5.74) is 0.797. The van der Waals surface area contributed by atoms with Gasteiger partial charge in [0.2, 0.25) is 0 Å². The van der Waals surface area contributed by atoms with E-state index in [2.05, 4.69) is 25.7 Å². The first kappa shape index (κ1) is 18.2. The summed E-state index contributed by atoms with van der Waals surface area (Å²) in [7, 11) is 0. The smallest absolute Gasteiger partial charge is 0.191 e. The Hall–Kier alpha value is -2.64. The molecule has 2 heterocycles. The van der Waals surface area contributed by atoms with Gasteiger partial charge in [-0.05, 0) is 38.0 Å². The zero-order valence-electron chi connectivity index (χ0n) is 15.2. The summed E-state index contributed by atoms with van der Waals surface area (Å²) in [5.74, 6) is 1.66. The first-order valence-corrected chi connectivity index (χ1v) is 9.02. The molecule has 0 radical (unpaired) electrons. The van der Waals surface area contributed by atoms with Gasteiger partial charge in [0.05, 0.1) is 19.7 Å². The molecule has 2 aromatic rings. The molecule has 0 spiro atoms. The Kier molecular flexibility index (Phi) is 6.04. The molecule has 1 unspecified atom stereocenters. The molecular weight excluding hydrogens is 335 g/mol. The molecule has 0 aliphatic carbocycles. The highest BCUT2D eigenvalue weighted by molar-refractivity contribution is 5.80. The van der Waals surface area contributed by atoms with Gasteiger partial charge >= 0.3 is 0 Å². The Balaban J connectivity index is 1.63. The normalized spacial score (nSPS) is 16.9. The summed E-state index contributed by atoms with van der Waals surface area (Å²) < 4.78 is 21.1. The average Bonchev–Trinajstić information content (AvgIpc) is 3.10. The van der Waals surface area contributed by atoms with Gasteiger partial charge in [-0.2, -0.15) is 5.10 Å². The van der Waals surface area contributed by atoms with Crippen LogP contribution >= 0.6 is 0 Å². The van der Waals surface area contributed by atoms with Gasteiger partial charge in [0.1, 0.15) is 12.2 Å². The van der Waals surface area contributed by atoms with Crippen molar-refractivity contribution in [2.75, 3.05) is 13.2 Å². The monoisotopic (exact) mass is 360 g/mol. The van der Waals surface area contributed by atoms with E-state index in [1.807, 2.05) is 24.6 Å². The fourth-order valence-corrected chi connectivity index (χ4v) is 2.95. The predicted molar refractivity (Wildman–Crippen MR) is 97.7 cm³/mol. The van der Waals surface area contributed by atoms with Crippen LogP contribution in [0.4, 0.5) is 4.39 Å². The molecule has 1 atom stereocenters. The Morgan fingerprint density at radius 1 is 1.42 bits per heavy atom. The number of aliphatic imine (C=N–C) groups is 1. The summed E-state index contributed by atoms with van der Waals surface area (Å²) >= 11 is 0. The number of fused-ring (bicyclic) bond motifs is 1. The zero-order chi connectivity index (χ0) is 18.4. The van der Waals surface area contributed by atoms with Gasteiger partial charge < -0.3 is 15.4 Å². The summed E-state index contributed by atoms with van der Waals surface area (Å²) in [4.78, 5) is 8.82. The number of nitrogens with one attached hydrogen (secondary N) is 2. The summed E-state index contributed by atoms with van der Waals surface area (Å²) in [5, 5.41) is 10.9. The number of halogens is 1. The Bertz CT molecular complexity index is 760. The molecule has 0 saturated carbocycles. The number of rotatable bonds is 6. The third kappa shape index (κ3) is 4.50. The van der Waals surface area contributed by atoms with Crippen molar-refractivity contribution >= 4 is 5.96 Å². The molecule has 1 aromatic heterocycles. The van der Waals surface area contributed by atoms with Gasteiger partial charge in [0.25, 0.3) is 0 Å². The van der Waals surface area contributed by atoms with E-state index in [9.17, 15) is 4.39 Å². The molecule has 2 N–H and O–H groups in total. The van der Waals surface area contributed by atoms with E-state index in [1.165, 1.54) is 6.07 Å². The second-order valence-corrected chi connectivity index (χ2v) is 6.13. The van der Waals surface area contributed by atoms with Crippen LogP contribution in [-0.2, 0) is 19.5 Å². The van der Waals surface area contributed by atoms with Gasteiger partial charge in [-0.25, -0.2) is 19.0 Å². The summed E-state index contributed by atoms with van der Waals surface area (Å²) in [6, 6.07) is 5.19. The fourth-order valence-electron chi connectivity index (χ4n) is 2.95. The van der Waals surface area contributed by atoms with Crippen LogP contribution in [0.1, 0.15) is 31.7 Å². The van der Waals surface area contributed by atoms with Gasteiger partial charge in [-0.3, -0.25) is 0 Å². The average molecular weight is 360 g/mol. The third-order valence-electron chi connectivity index (χ3n) is 4.21. The van der Waals surface area contributed by atoms with Gasteiger partial charge in [-0.15, -0.1) is 0 Å². The van der Waals surface area contributed by atoms with Crippen molar-refractivity contribution in [3.63, 3.8) is 0 Å². The van der Waals surface area contributed by atoms with Crippen LogP contribution in [0.2, 0.25) is 0 Å². The second kappa shape index (κ2) is 8.64. The van der Waals surface area contributed by atoms with Crippen molar-refractivity contribution in [1.82, 2.24) is 25.4 Å². The molecular formula is C18H25FN6O. The van der Waals surface area contributed by atoms with E-state index in [-0.39, 0.29) is 17.6 Å². The molecule has 1 aliphatic rings. The fraction of sp³-hybridized carbons (Fsp3) is 0.500. The van der Waals surface area contributed by atoms with Crippen molar-refractivity contribution in [1.29, 1.82) is 0 Å². The maximum atomic E-state index is 14.0. The molecule has 26 heavy (non-hydrogen) atoms. The van der Waals surface area contributed by atoms with Crippen LogP contribution in [0.15, 0.2) is 29.5 Å². The van der Waals surface area contributed by atoms with Crippen molar-refractivity contribution in [3.05, 3.63) is 41.7 Å². The molecule has 0 saturated heterocycles. The van der Waals surface area contributed by atoms with Crippen LogP contribution in [0.25, 0.3) is 0 Å². The molecule has 0 bridgehead atoms. The minimum atomic E-state index is -0.358. The highest BCUT2D eigenvalue weighted by atomic mass is 19.1. The van der Waals surface area contributed by atoms with Crippen LogP contribution in [0, 0.1) is 5.82 Å². The summed E-state index contributed by atoms with van der Waals surface area (Å²) in [6.45, 7) is 6.20. The molecule has 1 aromatic carbocycles. The van der Waals surface area contributed by atoms with E-state index < -0.39 is 0 Å². The van der Waals surface area contributed by atoms with E-state index in [0.717, 1.165) is 43.3 Å². The van der Waals surface area contributed by atoms with Crippen LogP contribution in [-0.4, -0.2) is 39.9 Å². The van der Waals surface area contributed by atoms with E-state index >= 15 is 0 Å². The lowest BCUT2D eigenvalue weighted by Crippen LogP contribution is -2.47. The highest BCUT2D eigenvalue weighted by Crippen LogP contribution is 2.18. The van der Waals surface area contributed by atoms with E-state index in [4.69, 9.17) is 4.74 Å². The quantitative estimate of drug-likeness (QED) is 0.608. The Morgan fingerprint density at radius 3 is 3.08 bits per heavy atom. The maximum Gasteiger partial charge on any atom is 0.191 e. The number of nitrogens with zero attached hydrogens (tertiary/aromatic N) is 4. The maximum absolute atomic E-state index is 14.0.